The smallest absolute Gasteiger partial charge is 0.294 e. The minimum absolute atomic E-state index is 0.178. The minimum Gasteiger partial charge on any atom is -0.322 e. The van der Waals surface area contributed by atoms with Gasteiger partial charge in [0.25, 0.3) is 16.0 Å². The molecular weight excluding hydrogens is 402 g/mol. The summed E-state index contributed by atoms with van der Waals surface area (Å²) >= 11 is 0. The molecule has 154 valence electrons. The Bertz CT molecular complexity index is 1170. The van der Waals surface area contributed by atoms with Crippen LogP contribution in [0.3, 0.4) is 0 Å². The number of anilines is 2. The van der Waals surface area contributed by atoms with E-state index in [1.807, 2.05) is 38.1 Å². The van der Waals surface area contributed by atoms with E-state index in [2.05, 4.69) is 15.8 Å². The normalized spacial score (nSPS) is 11.8. The summed E-state index contributed by atoms with van der Waals surface area (Å²) in [5.74, 6) is -0.178. The summed E-state index contributed by atoms with van der Waals surface area (Å²) in [6, 6.07) is 20.2. The molecular formula is C22H21N3O4S. The monoisotopic (exact) mass is 423 g/mol. The van der Waals surface area contributed by atoms with Crippen molar-refractivity contribution in [1.29, 1.82) is 0 Å². The number of hydrogen-bond donors (Lipinski definition) is 3. The molecule has 0 bridgehead atoms. The van der Waals surface area contributed by atoms with Crippen LogP contribution in [0.1, 0.15) is 28.4 Å². The number of hydrogen-bond acceptors (Lipinski definition) is 5. The fourth-order valence-corrected chi connectivity index (χ4v) is 3.10. The predicted molar refractivity (Wildman–Crippen MR) is 118 cm³/mol. The lowest BCUT2D eigenvalue weighted by molar-refractivity contribution is 0.102. The van der Waals surface area contributed by atoms with Crippen molar-refractivity contribution in [3.63, 3.8) is 0 Å². The van der Waals surface area contributed by atoms with Crippen molar-refractivity contribution in [2.45, 2.75) is 18.7 Å². The summed E-state index contributed by atoms with van der Waals surface area (Å²) in [6.07, 6.45) is 0. The number of hydrazone groups is 1. The summed E-state index contributed by atoms with van der Waals surface area (Å²) in [4.78, 5) is 12.1. The highest BCUT2D eigenvalue weighted by Crippen LogP contribution is 2.15. The third kappa shape index (κ3) is 5.53. The highest BCUT2D eigenvalue weighted by atomic mass is 32.2. The van der Waals surface area contributed by atoms with Gasteiger partial charge in [-0.15, -0.1) is 0 Å². The highest BCUT2D eigenvalue weighted by molar-refractivity contribution is 7.85. The lowest BCUT2D eigenvalue weighted by atomic mass is 10.1. The fraction of sp³-hybridized carbons (Fsp3) is 0.0909. The number of rotatable bonds is 6. The first kappa shape index (κ1) is 21.2. The van der Waals surface area contributed by atoms with Crippen molar-refractivity contribution >= 4 is 33.1 Å². The molecule has 7 nitrogen and oxygen atoms in total. The van der Waals surface area contributed by atoms with Gasteiger partial charge in [0.15, 0.2) is 0 Å². The zero-order chi connectivity index (χ0) is 21.7. The van der Waals surface area contributed by atoms with E-state index in [4.69, 9.17) is 4.55 Å². The average molecular weight is 423 g/mol. The maximum absolute atomic E-state index is 12.3. The largest absolute Gasteiger partial charge is 0.322 e. The molecule has 0 saturated heterocycles. The average Bonchev–Trinajstić information content (AvgIpc) is 2.72. The molecule has 0 atom stereocenters. The molecule has 0 aliphatic rings. The predicted octanol–water partition coefficient (Wildman–Crippen LogP) is 4.33. The number of carbonyl (C=O) groups excluding carboxylic acids is 1. The van der Waals surface area contributed by atoms with Crippen LogP contribution < -0.4 is 10.7 Å². The molecule has 0 aliphatic heterocycles. The van der Waals surface area contributed by atoms with Gasteiger partial charge in [0.1, 0.15) is 0 Å². The number of carbonyl (C=O) groups is 1. The summed E-state index contributed by atoms with van der Waals surface area (Å²) < 4.78 is 31.1. The summed E-state index contributed by atoms with van der Waals surface area (Å²) in [5.41, 5.74) is 7.31. The number of nitrogens with zero attached hydrogens (tertiary/aromatic N) is 1. The van der Waals surface area contributed by atoms with Crippen molar-refractivity contribution < 1.29 is 17.8 Å². The standard InChI is InChI=1S/C22H21N3O4S/c1-15-3-5-18(6-4-15)22(26)23-19-9-7-17(8-10-19)16(2)24-25-20-11-13-21(14-12-20)30(27,28)29/h3-14,25H,1-2H3,(H,23,26)(H,27,28,29)/b24-16-. The van der Waals surface area contributed by atoms with Crippen LogP contribution >= 0.6 is 0 Å². The topological polar surface area (TPSA) is 108 Å². The number of amides is 1. The zero-order valence-electron chi connectivity index (χ0n) is 16.5. The van der Waals surface area contributed by atoms with Crippen LogP contribution in [0, 0.1) is 6.92 Å². The lowest BCUT2D eigenvalue weighted by Gasteiger charge is -2.08. The van der Waals surface area contributed by atoms with E-state index < -0.39 is 10.1 Å². The molecule has 3 N–H and O–H groups in total. The maximum atomic E-state index is 12.3. The summed E-state index contributed by atoms with van der Waals surface area (Å²) in [6.45, 7) is 3.78. The van der Waals surface area contributed by atoms with Gasteiger partial charge in [0.05, 0.1) is 16.3 Å². The van der Waals surface area contributed by atoms with Gasteiger partial charge >= 0.3 is 0 Å². The first-order chi connectivity index (χ1) is 14.2. The van der Waals surface area contributed by atoms with Crippen LogP contribution in [0.2, 0.25) is 0 Å². The number of aryl methyl sites for hydroxylation is 1. The molecule has 0 aromatic heterocycles. The minimum atomic E-state index is -4.22. The molecule has 0 saturated carbocycles. The Morgan fingerprint density at radius 3 is 1.93 bits per heavy atom. The van der Waals surface area contributed by atoms with E-state index in [-0.39, 0.29) is 10.8 Å². The Labute approximate surface area is 175 Å². The molecule has 0 radical (unpaired) electrons. The molecule has 8 heteroatoms. The van der Waals surface area contributed by atoms with Crippen LogP contribution in [-0.2, 0) is 10.1 Å². The number of nitrogens with one attached hydrogen (secondary N) is 2. The van der Waals surface area contributed by atoms with Crippen LogP contribution in [0.5, 0.6) is 0 Å². The molecule has 0 unspecified atom stereocenters. The van der Waals surface area contributed by atoms with Gasteiger partial charge in [-0.05, 0) is 67.9 Å². The Morgan fingerprint density at radius 1 is 0.833 bits per heavy atom. The lowest BCUT2D eigenvalue weighted by Crippen LogP contribution is -2.11. The van der Waals surface area contributed by atoms with Gasteiger partial charge in [0, 0.05) is 11.3 Å². The maximum Gasteiger partial charge on any atom is 0.294 e. The third-order valence-electron chi connectivity index (χ3n) is 4.38. The molecule has 1 amide bonds. The highest BCUT2D eigenvalue weighted by Gasteiger charge is 2.08. The molecule has 0 fully saturated rings. The molecule has 3 aromatic carbocycles. The Kier molecular flexibility index (Phi) is 6.29. The molecule has 30 heavy (non-hydrogen) atoms. The summed E-state index contributed by atoms with van der Waals surface area (Å²) in [7, 11) is -4.22. The van der Waals surface area contributed by atoms with Gasteiger partial charge < -0.3 is 5.32 Å². The second kappa shape index (κ2) is 8.89. The van der Waals surface area contributed by atoms with Gasteiger partial charge in [0.2, 0.25) is 0 Å². The van der Waals surface area contributed by atoms with E-state index in [0.29, 0.717) is 22.6 Å². The zero-order valence-corrected chi connectivity index (χ0v) is 17.3. The van der Waals surface area contributed by atoms with Gasteiger partial charge in [-0.3, -0.25) is 14.8 Å². The van der Waals surface area contributed by atoms with Crippen molar-refractivity contribution in [3.8, 4) is 0 Å². The third-order valence-corrected chi connectivity index (χ3v) is 5.25. The van der Waals surface area contributed by atoms with E-state index in [0.717, 1.165) is 11.1 Å². The molecule has 0 spiro atoms. The van der Waals surface area contributed by atoms with Gasteiger partial charge in [-0.2, -0.15) is 13.5 Å². The Morgan fingerprint density at radius 2 is 1.37 bits per heavy atom. The fourth-order valence-electron chi connectivity index (χ4n) is 2.62. The van der Waals surface area contributed by atoms with E-state index in [1.165, 1.54) is 24.3 Å². The van der Waals surface area contributed by atoms with Crippen molar-refractivity contribution in [1.82, 2.24) is 0 Å². The molecule has 0 heterocycles. The second-order valence-corrected chi connectivity index (χ2v) is 8.13. The summed E-state index contributed by atoms with van der Waals surface area (Å²) in [5, 5.41) is 7.13. The second-order valence-electron chi connectivity index (χ2n) is 6.71. The van der Waals surface area contributed by atoms with Gasteiger partial charge in [-0.1, -0.05) is 29.8 Å². The van der Waals surface area contributed by atoms with Crippen LogP contribution in [0.25, 0.3) is 0 Å². The molecule has 3 aromatic rings. The van der Waals surface area contributed by atoms with E-state index in [9.17, 15) is 13.2 Å². The SMILES string of the molecule is C/C(=N/Nc1ccc(S(=O)(=O)O)cc1)c1ccc(NC(=O)c2ccc(C)cc2)cc1. The first-order valence-corrected chi connectivity index (χ1v) is 10.5. The van der Waals surface area contributed by atoms with Crippen molar-refractivity contribution in [2.75, 3.05) is 10.7 Å². The van der Waals surface area contributed by atoms with Crippen LogP contribution in [-0.4, -0.2) is 24.6 Å². The van der Waals surface area contributed by atoms with E-state index >= 15 is 0 Å². The van der Waals surface area contributed by atoms with Gasteiger partial charge in [-0.25, -0.2) is 0 Å². The molecule has 0 aliphatic carbocycles. The Balaban J connectivity index is 1.63. The quantitative estimate of drug-likeness (QED) is 0.311. The van der Waals surface area contributed by atoms with Crippen molar-refractivity contribution in [3.05, 3.63) is 89.5 Å². The van der Waals surface area contributed by atoms with Crippen LogP contribution in [0.15, 0.2) is 82.8 Å². The number of benzene rings is 3. The van der Waals surface area contributed by atoms with Crippen LogP contribution in [0.4, 0.5) is 11.4 Å². The molecule has 3 rings (SSSR count). The first-order valence-electron chi connectivity index (χ1n) is 9.09. The van der Waals surface area contributed by atoms with E-state index in [1.54, 1.807) is 24.3 Å². The van der Waals surface area contributed by atoms with Crippen molar-refractivity contribution in [2.24, 2.45) is 5.10 Å². The Hall–Kier alpha value is -3.49.